The van der Waals surface area contributed by atoms with Crippen molar-refractivity contribution in [2.45, 2.75) is 6.61 Å². The van der Waals surface area contributed by atoms with Crippen molar-refractivity contribution in [2.24, 2.45) is 23.4 Å². The standard InChI is InChI=1S/C7H16N7O/c8-13(9)7-3-1-2-6(4-7)5-15-14(10,11)12/h1-4,8,13H,5,9-12H2/q+1. The Hall–Kier alpha value is -1.10. The van der Waals surface area contributed by atoms with Crippen LogP contribution in [0.2, 0.25) is 0 Å². The molecule has 0 radical (unpaired) electrons. The number of hydrogen-bond acceptors (Lipinski definition) is 5. The first-order valence-electron chi connectivity index (χ1n) is 4.21. The van der Waals surface area contributed by atoms with Crippen LogP contribution < -0.4 is 28.5 Å². The van der Waals surface area contributed by atoms with Crippen LogP contribution in [0.5, 0.6) is 0 Å². The van der Waals surface area contributed by atoms with Crippen LogP contribution in [-0.4, -0.2) is 4.97 Å². The maximum atomic E-state index is 7.25. The highest BCUT2D eigenvalue weighted by Crippen LogP contribution is 2.07. The molecule has 0 amide bonds. The van der Waals surface area contributed by atoms with E-state index in [1.807, 2.05) is 0 Å². The fraction of sp³-hybridized carbons (Fsp3) is 0.143. The zero-order valence-corrected chi connectivity index (χ0v) is 8.18. The fourth-order valence-electron chi connectivity index (χ4n) is 1.01. The molecule has 0 spiro atoms. The summed E-state index contributed by atoms with van der Waals surface area (Å²) in [6, 6.07) is 6.98. The molecule has 1 unspecified atom stereocenters. The predicted molar refractivity (Wildman–Crippen MR) is 53.2 cm³/mol. The molecule has 10 N–H and O–H groups in total. The SMILES string of the molecule is [NH-][NH+](N)c1cccc(CO[N+](N)(N)N)c1. The van der Waals surface area contributed by atoms with Crippen molar-refractivity contribution < 1.29 is 14.9 Å². The van der Waals surface area contributed by atoms with Gasteiger partial charge in [0.2, 0.25) is 0 Å². The molecule has 0 bridgehead atoms. The molecule has 0 saturated carbocycles. The molecule has 8 nitrogen and oxygen atoms in total. The van der Waals surface area contributed by atoms with Gasteiger partial charge in [-0.1, -0.05) is 12.1 Å². The van der Waals surface area contributed by atoms with Crippen molar-refractivity contribution >= 4 is 5.69 Å². The number of hydrogen-bond donors (Lipinski definition) is 5. The molecule has 0 fully saturated rings. The van der Waals surface area contributed by atoms with Gasteiger partial charge < -0.3 is 5.84 Å². The van der Waals surface area contributed by atoms with Gasteiger partial charge in [0.15, 0.2) is 0 Å². The van der Waals surface area contributed by atoms with E-state index < -0.39 is 4.97 Å². The van der Waals surface area contributed by atoms with E-state index in [0.29, 0.717) is 5.69 Å². The van der Waals surface area contributed by atoms with E-state index >= 15 is 0 Å². The number of rotatable bonds is 4. The Morgan fingerprint density at radius 3 is 2.53 bits per heavy atom. The highest BCUT2D eigenvalue weighted by atomic mass is 16.8. The van der Waals surface area contributed by atoms with Crippen LogP contribution in [0.1, 0.15) is 5.56 Å². The van der Waals surface area contributed by atoms with E-state index in [2.05, 4.69) is 0 Å². The number of quaternary nitrogens is 2. The van der Waals surface area contributed by atoms with Gasteiger partial charge in [-0.15, -0.1) is 22.4 Å². The van der Waals surface area contributed by atoms with Gasteiger partial charge in [-0.25, -0.2) is 0 Å². The molecule has 0 aromatic heterocycles. The normalized spacial score (nSPS) is 13.9. The average Bonchev–Trinajstić information content (AvgIpc) is 2.14. The highest BCUT2D eigenvalue weighted by Gasteiger charge is 2.12. The van der Waals surface area contributed by atoms with Gasteiger partial charge in [-0.3, -0.25) is 5.12 Å². The van der Waals surface area contributed by atoms with E-state index in [4.69, 9.17) is 34.1 Å². The second kappa shape index (κ2) is 4.61. The van der Waals surface area contributed by atoms with Crippen molar-refractivity contribution in [3.8, 4) is 0 Å². The summed E-state index contributed by atoms with van der Waals surface area (Å²) in [7, 11) is 0. The summed E-state index contributed by atoms with van der Waals surface area (Å²) in [4.78, 5) is 3.86. The quantitative estimate of drug-likeness (QED) is 0.222. The van der Waals surface area contributed by atoms with Crippen LogP contribution in [0, 0.1) is 0 Å². The molecule has 0 heterocycles. The minimum absolute atomic E-state index is 0.00847. The van der Waals surface area contributed by atoms with E-state index in [1.165, 1.54) is 0 Å². The second-order valence-electron chi connectivity index (χ2n) is 3.15. The summed E-state index contributed by atoms with van der Waals surface area (Å²) in [5.74, 6) is 28.1. The van der Waals surface area contributed by atoms with Gasteiger partial charge in [0.25, 0.3) is 0 Å². The number of nitrogen functional groups attached to an aromatic ring is 1. The third-order valence-corrected chi connectivity index (χ3v) is 1.69. The summed E-state index contributed by atoms with van der Waals surface area (Å²) in [5, 5.41) is -0.00847. The molecule has 0 aliphatic rings. The third-order valence-electron chi connectivity index (χ3n) is 1.69. The lowest BCUT2D eigenvalue weighted by Crippen LogP contribution is -3.06. The second-order valence-corrected chi connectivity index (χ2v) is 3.15. The number of nitrogens with zero attached hydrogens (tertiary/aromatic N) is 1. The zero-order chi connectivity index (χ0) is 11.5. The Labute approximate surface area is 87.1 Å². The zero-order valence-electron chi connectivity index (χ0n) is 8.18. The maximum absolute atomic E-state index is 7.25. The third kappa shape index (κ3) is 4.29. The minimum Gasteiger partial charge on any atom is -0.443 e. The molecular formula is C7H16N7O+. The molecule has 1 rings (SSSR count). The number of nitrogens with one attached hydrogen (secondary N) is 2. The van der Waals surface area contributed by atoms with Crippen LogP contribution in [-0.2, 0) is 11.4 Å². The van der Waals surface area contributed by atoms with Crippen molar-refractivity contribution in [3.05, 3.63) is 35.7 Å². The number of benzene rings is 1. The predicted octanol–water partition coefficient (Wildman–Crippen LogP) is -2.09. The van der Waals surface area contributed by atoms with E-state index in [9.17, 15) is 0 Å². The number of nitrogens with two attached hydrogens (primary N) is 4. The Balaban J connectivity index is 2.66. The summed E-state index contributed by atoms with van der Waals surface area (Å²) >= 11 is 0. The Morgan fingerprint density at radius 2 is 2.00 bits per heavy atom. The van der Waals surface area contributed by atoms with Crippen LogP contribution >= 0.6 is 0 Å². The summed E-state index contributed by atoms with van der Waals surface area (Å²) in [5.41, 5.74) is 1.40. The van der Waals surface area contributed by atoms with Gasteiger partial charge in [0.1, 0.15) is 12.3 Å². The molecule has 1 aromatic carbocycles. The summed E-state index contributed by atoms with van der Waals surface area (Å²) < 4.78 is 0. The van der Waals surface area contributed by atoms with Gasteiger partial charge >= 0.3 is 0 Å². The molecule has 0 aliphatic heterocycles. The molecule has 8 heteroatoms. The van der Waals surface area contributed by atoms with E-state index in [0.717, 1.165) is 5.56 Å². The minimum atomic E-state index is -1.05. The Morgan fingerprint density at radius 1 is 1.33 bits per heavy atom. The maximum Gasteiger partial charge on any atom is 0.140 e. The molecule has 0 saturated heterocycles. The van der Waals surface area contributed by atoms with E-state index in [-0.39, 0.29) is 11.7 Å². The van der Waals surface area contributed by atoms with Crippen molar-refractivity contribution in [1.82, 2.24) is 0 Å². The van der Waals surface area contributed by atoms with Crippen LogP contribution in [0.15, 0.2) is 24.3 Å². The van der Waals surface area contributed by atoms with E-state index in [1.54, 1.807) is 24.3 Å². The molecule has 1 aromatic rings. The molecular weight excluding hydrogens is 198 g/mol. The van der Waals surface area contributed by atoms with Crippen molar-refractivity contribution in [3.63, 3.8) is 0 Å². The van der Waals surface area contributed by atoms with Crippen molar-refractivity contribution in [1.29, 1.82) is 0 Å². The smallest absolute Gasteiger partial charge is 0.140 e. The Bertz CT molecular complexity index is 321. The van der Waals surface area contributed by atoms with Crippen LogP contribution in [0.4, 0.5) is 5.69 Å². The summed E-state index contributed by atoms with van der Waals surface area (Å²) in [6.45, 7) is 0.143. The van der Waals surface area contributed by atoms with Gasteiger partial charge in [-0.05, 0) is 5.56 Å². The topological polar surface area (TPSA) is 142 Å². The lowest BCUT2D eigenvalue weighted by atomic mass is 10.2. The van der Waals surface area contributed by atoms with Crippen molar-refractivity contribution in [2.75, 3.05) is 0 Å². The highest BCUT2D eigenvalue weighted by molar-refractivity contribution is 5.33. The first-order valence-corrected chi connectivity index (χ1v) is 4.21. The van der Waals surface area contributed by atoms with Crippen LogP contribution in [0.25, 0.3) is 5.84 Å². The first kappa shape index (κ1) is 12.0. The largest absolute Gasteiger partial charge is 0.443 e. The average molecular weight is 214 g/mol. The lowest BCUT2D eigenvalue weighted by molar-refractivity contribution is -1.14. The lowest BCUT2D eigenvalue weighted by Gasteiger charge is -2.17. The van der Waals surface area contributed by atoms with Gasteiger partial charge in [0.05, 0.1) is 0 Å². The fourth-order valence-corrected chi connectivity index (χ4v) is 1.01. The molecule has 1 atom stereocenters. The molecule has 0 aliphatic carbocycles. The monoisotopic (exact) mass is 214 g/mol. The van der Waals surface area contributed by atoms with Gasteiger partial charge in [0, 0.05) is 17.1 Å². The van der Waals surface area contributed by atoms with Gasteiger partial charge in [-0.2, -0.15) is 5.84 Å². The summed E-state index contributed by atoms with van der Waals surface area (Å²) in [6.07, 6.45) is 0. The van der Waals surface area contributed by atoms with Crippen LogP contribution in [0.3, 0.4) is 0 Å². The first-order chi connectivity index (χ1) is 6.88. The Kier molecular flexibility index (Phi) is 3.68. The molecule has 84 valence electrons. The molecule has 15 heavy (non-hydrogen) atoms.